The average Bonchev–Trinajstić information content (AvgIpc) is 3.56. The number of pyridine rings is 1. The topological polar surface area (TPSA) is 97.7 Å². The monoisotopic (exact) mass is 467 g/mol. The predicted molar refractivity (Wildman–Crippen MR) is 128 cm³/mol. The SMILES string of the molecule is CC1=Nc2c(Nc3ccc(C4CCCCO4)cc3S(C)(=O)=O)cc(CC(=O)C3CC3)nc2C1. The maximum absolute atomic E-state index is 12.7. The molecule has 3 heterocycles. The van der Waals surface area contributed by atoms with Crippen molar-refractivity contribution in [2.24, 2.45) is 10.9 Å². The minimum atomic E-state index is -3.50. The molecule has 33 heavy (non-hydrogen) atoms. The summed E-state index contributed by atoms with van der Waals surface area (Å²) in [6, 6.07) is 7.30. The number of ketones is 1. The van der Waals surface area contributed by atoms with Crippen LogP contribution in [0.2, 0.25) is 0 Å². The van der Waals surface area contributed by atoms with Gasteiger partial charge in [-0.15, -0.1) is 0 Å². The van der Waals surface area contributed by atoms with Gasteiger partial charge in [0, 0.05) is 37.3 Å². The third kappa shape index (κ3) is 4.87. The van der Waals surface area contributed by atoms with Gasteiger partial charge in [0.05, 0.1) is 33.8 Å². The summed E-state index contributed by atoms with van der Waals surface area (Å²) in [5.74, 6) is 0.388. The number of hydrogen-bond acceptors (Lipinski definition) is 7. The zero-order valence-electron chi connectivity index (χ0n) is 19.1. The molecule has 1 saturated carbocycles. The summed E-state index contributed by atoms with van der Waals surface area (Å²) in [6.45, 7) is 2.64. The lowest BCUT2D eigenvalue weighted by Crippen LogP contribution is -2.13. The van der Waals surface area contributed by atoms with E-state index >= 15 is 0 Å². The van der Waals surface area contributed by atoms with E-state index in [1.807, 2.05) is 19.1 Å². The maximum Gasteiger partial charge on any atom is 0.177 e. The summed E-state index contributed by atoms with van der Waals surface area (Å²) in [6.07, 6.45) is 6.99. The van der Waals surface area contributed by atoms with Crippen molar-refractivity contribution in [1.82, 2.24) is 4.98 Å². The number of nitrogens with one attached hydrogen (secondary N) is 1. The Morgan fingerprint density at radius 2 is 1.97 bits per heavy atom. The largest absolute Gasteiger partial charge is 0.374 e. The maximum atomic E-state index is 12.7. The Bertz CT molecular complexity index is 1240. The summed E-state index contributed by atoms with van der Waals surface area (Å²) in [5, 5.41) is 3.31. The molecule has 2 aliphatic heterocycles. The smallest absolute Gasteiger partial charge is 0.177 e. The van der Waals surface area contributed by atoms with Crippen molar-refractivity contribution in [2.45, 2.75) is 62.9 Å². The van der Waals surface area contributed by atoms with Crippen LogP contribution in [0.15, 0.2) is 34.2 Å². The van der Waals surface area contributed by atoms with Crippen LogP contribution in [0.5, 0.6) is 0 Å². The molecule has 1 saturated heterocycles. The van der Waals surface area contributed by atoms with E-state index < -0.39 is 9.84 Å². The molecule has 8 heteroatoms. The lowest BCUT2D eigenvalue weighted by atomic mass is 10.0. The molecule has 1 N–H and O–H groups in total. The van der Waals surface area contributed by atoms with E-state index in [-0.39, 0.29) is 22.7 Å². The Morgan fingerprint density at radius 1 is 1.15 bits per heavy atom. The normalized spacial score (nSPS) is 20.3. The van der Waals surface area contributed by atoms with E-state index in [1.165, 1.54) is 6.26 Å². The van der Waals surface area contributed by atoms with Crippen LogP contribution in [-0.2, 0) is 32.2 Å². The Kier molecular flexibility index (Phi) is 5.82. The van der Waals surface area contributed by atoms with E-state index in [0.717, 1.165) is 49.1 Å². The number of aromatic nitrogens is 1. The number of rotatable bonds is 7. The van der Waals surface area contributed by atoms with Gasteiger partial charge in [-0.25, -0.2) is 8.42 Å². The Balaban J connectivity index is 1.51. The summed E-state index contributed by atoms with van der Waals surface area (Å²) in [7, 11) is -3.50. The second-order valence-corrected chi connectivity index (χ2v) is 11.4. The van der Waals surface area contributed by atoms with Crippen LogP contribution in [0.3, 0.4) is 0 Å². The fourth-order valence-corrected chi connectivity index (χ4v) is 5.45. The zero-order chi connectivity index (χ0) is 23.2. The van der Waals surface area contributed by atoms with Crippen molar-refractivity contribution >= 4 is 38.4 Å². The molecule has 1 aromatic heterocycles. The van der Waals surface area contributed by atoms with Crippen molar-refractivity contribution in [2.75, 3.05) is 18.2 Å². The highest BCUT2D eigenvalue weighted by Gasteiger charge is 2.30. The Hall–Kier alpha value is -2.58. The molecule has 0 spiro atoms. The quantitative estimate of drug-likeness (QED) is 0.637. The lowest BCUT2D eigenvalue weighted by Gasteiger charge is -2.24. The minimum Gasteiger partial charge on any atom is -0.374 e. The van der Waals surface area contributed by atoms with Gasteiger partial charge in [-0.05, 0) is 62.8 Å². The highest BCUT2D eigenvalue weighted by Crippen LogP contribution is 2.39. The standard InChI is InChI=1S/C25H29N3O4S/c1-15-11-20-25(26-15)21(13-18(27-20)14-22(29)16-6-7-16)28-19-9-8-17(12-24(19)33(2,30)31)23-5-3-4-10-32-23/h8-9,12-13,16,23H,3-7,10-11,14H2,1-2H3,(H,27,28). The molecule has 0 radical (unpaired) electrons. The van der Waals surface area contributed by atoms with Crippen LogP contribution < -0.4 is 5.32 Å². The van der Waals surface area contributed by atoms with Crippen molar-refractivity contribution in [1.29, 1.82) is 0 Å². The highest BCUT2D eigenvalue weighted by atomic mass is 32.2. The molecule has 2 fully saturated rings. The van der Waals surface area contributed by atoms with Crippen LogP contribution in [0, 0.1) is 5.92 Å². The first kappa shape index (κ1) is 22.2. The van der Waals surface area contributed by atoms with Gasteiger partial charge >= 0.3 is 0 Å². The predicted octanol–water partition coefficient (Wildman–Crippen LogP) is 4.64. The molecule has 1 aromatic carbocycles. The fourth-order valence-electron chi connectivity index (χ4n) is 4.58. The minimum absolute atomic E-state index is 0.0780. The van der Waals surface area contributed by atoms with Crippen LogP contribution >= 0.6 is 0 Å². The third-order valence-electron chi connectivity index (χ3n) is 6.46. The number of aliphatic imine (C=N–C) groups is 1. The van der Waals surface area contributed by atoms with Gasteiger partial charge in [-0.2, -0.15) is 0 Å². The van der Waals surface area contributed by atoms with Crippen LogP contribution in [0.1, 0.15) is 62.1 Å². The van der Waals surface area contributed by atoms with Gasteiger partial charge in [-0.3, -0.25) is 14.8 Å². The van der Waals surface area contributed by atoms with Crippen molar-refractivity contribution in [3.63, 3.8) is 0 Å². The average molecular weight is 468 g/mol. The number of nitrogens with zero attached hydrogens (tertiary/aromatic N) is 2. The molecule has 174 valence electrons. The van der Waals surface area contributed by atoms with Gasteiger partial charge in [-0.1, -0.05) is 6.07 Å². The molecule has 1 atom stereocenters. The van der Waals surface area contributed by atoms with Gasteiger partial charge in [0.15, 0.2) is 9.84 Å². The number of ether oxygens (including phenoxy) is 1. The van der Waals surface area contributed by atoms with E-state index in [2.05, 4.69) is 10.3 Å². The number of benzene rings is 1. The van der Waals surface area contributed by atoms with Gasteiger partial charge in [0.2, 0.25) is 0 Å². The van der Waals surface area contributed by atoms with Gasteiger partial charge < -0.3 is 10.1 Å². The summed E-state index contributed by atoms with van der Waals surface area (Å²) >= 11 is 0. The first-order chi connectivity index (χ1) is 15.8. The summed E-state index contributed by atoms with van der Waals surface area (Å²) in [5.41, 5.74) is 5.24. The van der Waals surface area contributed by atoms with E-state index in [4.69, 9.17) is 9.72 Å². The van der Waals surface area contributed by atoms with E-state index in [1.54, 1.807) is 12.1 Å². The number of anilines is 2. The number of sulfone groups is 1. The van der Waals surface area contributed by atoms with Crippen LogP contribution in [0.25, 0.3) is 0 Å². The number of carbonyl (C=O) groups is 1. The first-order valence-electron chi connectivity index (χ1n) is 11.6. The van der Waals surface area contributed by atoms with E-state index in [9.17, 15) is 13.2 Å². The molecule has 1 unspecified atom stereocenters. The molecule has 1 aliphatic carbocycles. The summed E-state index contributed by atoms with van der Waals surface area (Å²) < 4.78 is 31.3. The highest BCUT2D eigenvalue weighted by molar-refractivity contribution is 7.90. The Morgan fingerprint density at radius 3 is 2.67 bits per heavy atom. The third-order valence-corrected chi connectivity index (χ3v) is 7.59. The molecular weight excluding hydrogens is 438 g/mol. The fraction of sp³-hybridized carbons (Fsp3) is 0.480. The van der Waals surface area contributed by atoms with Crippen molar-refractivity contribution in [3.05, 3.63) is 41.2 Å². The molecule has 3 aliphatic rings. The molecule has 0 amide bonds. The molecule has 0 bridgehead atoms. The number of carbonyl (C=O) groups excluding carboxylic acids is 1. The number of hydrogen-bond donors (Lipinski definition) is 1. The van der Waals surface area contributed by atoms with Crippen LogP contribution in [0.4, 0.5) is 17.1 Å². The lowest BCUT2D eigenvalue weighted by molar-refractivity contribution is -0.119. The second kappa shape index (κ2) is 8.65. The molecule has 5 rings (SSSR count). The van der Waals surface area contributed by atoms with Gasteiger partial charge in [0.1, 0.15) is 11.5 Å². The molecule has 7 nitrogen and oxygen atoms in total. The van der Waals surface area contributed by atoms with E-state index in [0.29, 0.717) is 42.2 Å². The van der Waals surface area contributed by atoms with Crippen LogP contribution in [-0.4, -0.2) is 37.8 Å². The first-order valence-corrected chi connectivity index (χ1v) is 13.5. The van der Waals surface area contributed by atoms with Crippen molar-refractivity contribution in [3.8, 4) is 0 Å². The zero-order valence-corrected chi connectivity index (χ0v) is 19.9. The number of Topliss-reactive ketones (excluding diaryl/α,β-unsaturated/α-hetero) is 1. The molecular formula is C25H29N3O4S. The molecule has 2 aromatic rings. The summed E-state index contributed by atoms with van der Waals surface area (Å²) in [4.78, 5) is 22.0. The number of fused-ring (bicyclic) bond motifs is 1. The second-order valence-electron chi connectivity index (χ2n) is 9.41. The van der Waals surface area contributed by atoms with Gasteiger partial charge in [0.25, 0.3) is 0 Å². The van der Waals surface area contributed by atoms with Crippen molar-refractivity contribution < 1.29 is 17.9 Å². The Labute approximate surface area is 194 Å².